The Labute approximate surface area is 239 Å². The number of rotatable bonds is 5. The Kier molecular flexibility index (Phi) is 9.08. The van der Waals surface area contributed by atoms with E-state index >= 15 is 0 Å². The van der Waals surface area contributed by atoms with Crippen LogP contribution in [-0.2, 0) is 11.3 Å². The Morgan fingerprint density at radius 3 is 2.45 bits per heavy atom. The highest BCUT2D eigenvalue weighted by Crippen LogP contribution is 2.39. The summed E-state index contributed by atoms with van der Waals surface area (Å²) in [5, 5.41) is 24.9. The summed E-state index contributed by atoms with van der Waals surface area (Å²) in [6, 6.07) is 12.4. The highest BCUT2D eigenvalue weighted by Gasteiger charge is 2.27. The molecule has 1 saturated carbocycles. The Morgan fingerprint density at radius 1 is 1.10 bits per heavy atom. The molecule has 208 valence electrons. The summed E-state index contributed by atoms with van der Waals surface area (Å²) in [7, 11) is 0. The lowest BCUT2D eigenvalue weighted by molar-refractivity contribution is -0.114. The summed E-state index contributed by atoms with van der Waals surface area (Å²) in [6.45, 7) is 1.67. The first kappa shape index (κ1) is 28.7. The summed E-state index contributed by atoms with van der Waals surface area (Å²) < 4.78 is 2.42. The lowest BCUT2D eigenvalue weighted by Crippen LogP contribution is -2.31. The van der Waals surface area contributed by atoms with Gasteiger partial charge in [0.05, 0.1) is 21.4 Å². The highest BCUT2D eigenvalue weighted by molar-refractivity contribution is 6.42. The first-order valence-electron chi connectivity index (χ1n) is 12.3. The minimum absolute atomic E-state index is 0.0140. The van der Waals surface area contributed by atoms with E-state index in [0.717, 1.165) is 35.2 Å². The van der Waals surface area contributed by atoms with Crippen molar-refractivity contribution in [3.63, 3.8) is 0 Å². The smallest absolute Gasteiger partial charge is 0.342 e. The van der Waals surface area contributed by atoms with Gasteiger partial charge in [-0.1, -0.05) is 35.7 Å². The Hall–Kier alpha value is -4.35. The fourth-order valence-corrected chi connectivity index (χ4v) is 4.33. The molecule has 11 nitrogen and oxygen atoms in total. The highest BCUT2D eigenvalue weighted by atomic mass is 35.5. The fraction of sp³-hybridized carbons (Fsp3) is 0.222. The van der Waals surface area contributed by atoms with Gasteiger partial charge in [-0.3, -0.25) is 4.79 Å². The zero-order chi connectivity index (χ0) is 28.8. The Morgan fingerprint density at radius 2 is 1.88 bits per heavy atom. The number of amides is 3. The molecule has 0 spiro atoms. The zero-order valence-corrected chi connectivity index (χ0v) is 23.0. The number of phenols is 1. The minimum atomic E-state index is -0.560. The van der Waals surface area contributed by atoms with Crippen molar-refractivity contribution in [2.45, 2.75) is 38.6 Å². The van der Waals surface area contributed by atoms with Crippen LogP contribution in [0.2, 0.25) is 10.0 Å². The molecule has 2 aromatic heterocycles. The van der Waals surface area contributed by atoms with Gasteiger partial charge in [-0.2, -0.15) is 19.6 Å². The first-order valence-corrected chi connectivity index (χ1v) is 13.1. The lowest BCUT2D eigenvalue weighted by Gasteiger charge is -2.25. The number of nitrogens with one attached hydrogen (secondary N) is 2. The SMILES string of the molecule is CC(=O)Nc1ccc(O)c(-c2cc(C3CCC3)n(C(=O)NCc3ccc(Cl)c(Cl)c3)n2)c1.NC(=O)n1cccn1. The molecule has 1 aliphatic rings. The fourth-order valence-electron chi connectivity index (χ4n) is 4.01. The zero-order valence-electron chi connectivity index (χ0n) is 21.5. The first-order chi connectivity index (χ1) is 19.1. The largest absolute Gasteiger partial charge is 0.507 e. The Bertz CT molecular complexity index is 1530. The molecule has 2 heterocycles. The quantitative estimate of drug-likeness (QED) is 0.232. The molecule has 0 atom stereocenters. The van der Waals surface area contributed by atoms with Crippen molar-refractivity contribution in [1.29, 1.82) is 0 Å². The van der Waals surface area contributed by atoms with Gasteiger partial charge in [0.1, 0.15) is 5.75 Å². The third-order valence-corrected chi connectivity index (χ3v) is 6.94. The van der Waals surface area contributed by atoms with Gasteiger partial charge < -0.3 is 21.5 Å². The van der Waals surface area contributed by atoms with E-state index in [1.807, 2.05) is 6.07 Å². The molecule has 3 amide bonds. The van der Waals surface area contributed by atoms with Crippen LogP contribution in [0.4, 0.5) is 15.3 Å². The number of hydrogen-bond donors (Lipinski definition) is 4. The average Bonchev–Trinajstić information content (AvgIpc) is 3.56. The second kappa shape index (κ2) is 12.7. The summed E-state index contributed by atoms with van der Waals surface area (Å²) >= 11 is 12.0. The average molecular weight is 584 g/mol. The molecule has 0 radical (unpaired) electrons. The molecule has 0 aliphatic heterocycles. The monoisotopic (exact) mass is 583 g/mol. The summed E-state index contributed by atoms with van der Waals surface area (Å²) in [4.78, 5) is 34.6. The molecular formula is C27H27Cl2N7O4. The molecule has 1 fully saturated rings. The van der Waals surface area contributed by atoms with E-state index in [1.54, 1.807) is 36.4 Å². The number of benzene rings is 2. The van der Waals surface area contributed by atoms with Crippen molar-refractivity contribution in [1.82, 2.24) is 24.9 Å². The van der Waals surface area contributed by atoms with Crippen molar-refractivity contribution in [2.24, 2.45) is 5.73 Å². The third kappa shape index (κ3) is 6.99. The Balaban J connectivity index is 0.000000398. The van der Waals surface area contributed by atoms with Crippen LogP contribution in [0.15, 0.2) is 60.9 Å². The third-order valence-electron chi connectivity index (χ3n) is 6.20. The van der Waals surface area contributed by atoms with Crippen LogP contribution in [0.25, 0.3) is 11.3 Å². The topological polar surface area (TPSA) is 157 Å². The minimum Gasteiger partial charge on any atom is -0.507 e. The van der Waals surface area contributed by atoms with E-state index in [-0.39, 0.29) is 30.2 Å². The van der Waals surface area contributed by atoms with Gasteiger partial charge in [0.2, 0.25) is 5.91 Å². The van der Waals surface area contributed by atoms with Crippen LogP contribution >= 0.6 is 23.2 Å². The number of halogens is 2. The second-order valence-corrected chi connectivity index (χ2v) is 9.92. The van der Waals surface area contributed by atoms with Crippen LogP contribution in [-0.4, -0.2) is 42.6 Å². The van der Waals surface area contributed by atoms with Crippen LogP contribution in [0.5, 0.6) is 5.75 Å². The number of anilines is 1. The van der Waals surface area contributed by atoms with E-state index in [9.17, 15) is 19.5 Å². The van der Waals surface area contributed by atoms with Crippen LogP contribution in [0.1, 0.15) is 43.4 Å². The van der Waals surface area contributed by atoms with Crippen LogP contribution in [0.3, 0.4) is 0 Å². The van der Waals surface area contributed by atoms with E-state index in [1.165, 1.54) is 30.1 Å². The summed E-state index contributed by atoms with van der Waals surface area (Å²) in [5.41, 5.74) is 7.86. The van der Waals surface area contributed by atoms with Crippen molar-refractivity contribution in [3.05, 3.63) is 82.2 Å². The molecule has 0 unspecified atom stereocenters. The van der Waals surface area contributed by atoms with Gasteiger partial charge in [-0.25, -0.2) is 9.59 Å². The number of carbonyl (C=O) groups excluding carboxylic acids is 3. The molecule has 5 N–H and O–H groups in total. The normalized spacial score (nSPS) is 12.6. The second-order valence-electron chi connectivity index (χ2n) is 9.10. The summed E-state index contributed by atoms with van der Waals surface area (Å²) in [5.74, 6) is 0.0248. The van der Waals surface area contributed by atoms with Crippen molar-refractivity contribution < 1.29 is 19.5 Å². The molecule has 0 saturated heterocycles. The van der Waals surface area contributed by atoms with E-state index in [2.05, 4.69) is 20.8 Å². The molecule has 40 heavy (non-hydrogen) atoms. The van der Waals surface area contributed by atoms with E-state index < -0.39 is 6.03 Å². The molecule has 5 rings (SSSR count). The van der Waals surface area contributed by atoms with Crippen LogP contribution in [0, 0.1) is 0 Å². The number of aromatic nitrogens is 4. The number of primary amides is 1. The van der Waals surface area contributed by atoms with E-state index in [4.69, 9.17) is 28.9 Å². The molecule has 0 bridgehead atoms. The predicted octanol–water partition coefficient (Wildman–Crippen LogP) is 5.36. The number of phenolic OH excluding ortho intramolecular Hbond substituents is 1. The molecule has 1 aliphatic carbocycles. The molecule has 2 aromatic carbocycles. The van der Waals surface area contributed by atoms with Crippen molar-refractivity contribution >= 4 is 46.9 Å². The maximum Gasteiger partial charge on any atom is 0.342 e. The number of nitrogens with zero attached hydrogens (tertiary/aromatic N) is 4. The van der Waals surface area contributed by atoms with Gasteiger partial charge in [0.25, 0.3) is 0 Å². The summed E-state index contributed by atoms with van der Waals surface area (Å²) in [6.07, 6.45) is 6.03. The maximum absolute atomic E-state index is 13.0. The maximum atomic E-state index is 13.0. The molecular weight excluding hydrogens is 557 g/mol. The van der Waals surface area contributed by atoms with Gasteiger partial charge in [0, 0.05) is 43.0 Å². The lowest BCUT2D eigenvalue weighted by atomic mass is 9.82. The number of nitrogens with two attached hydrogens (primary N) is 1. The van der Waals surface area contributed by atoms with Crippen molar-refractivity contribution in [2.75, 3.05) is 5.32 Å². The predicted molar refractivity (Wildman–Crippen MR) is 152 cm³/mol. The van der Waals surface area contributed by atoms with Gasteiger partial charge in [-0.15, -0.1) is 0 Å². The van der Waals surface area contributed by atoms with Gasteiger partial charge in [0.15, 0.2) is 0 Å². The van der Waals surface area contributed by atoms with Gasteiger partial charge in [-0.05, 0) is 60.9 Å². The van der Waals surface area contributed by atoms with E-state index in [0.29, 0.717) is 27.0 Å². The number of aromatic hydroxyl groups is 1. The molecule has 13 heteroatoms. The number of hydrogen-bond acceptors (Lipinski definition) is 6. The standard InChI is InChI=1S/C23H22Cl2N4O3.C4H5N3O/c1-13(30)27-16-6-8-22(31)17(10-16)20-11-21(15-3-2-4-15)29(28-20)23(32)26-12-14-5-7-18(24)19(25)9-14;5-4(8)7-3-1-2-6-7/h5-11,15,31H,2-4,12H2,1H3,(H,26,32)(H,27,30);1-3H,(H2,5,8). The van der Waals surface area contributed by atoms with Gasteiger partial charge >= 0.3 is 12.1 Å². The van der Waals surface area contributed by atoms with Crippen LogP contribution < -0.4 is 16.4 Å². The van der Waals surface area contributed by atoms with Crippen molar-refractivity contribution in [3.8, 4) is 17.0 Å². The molecule has 4 aromatic rings. The number of carbonyl (C=O) groups is 3.